The molecule has 0 amide bonds. The summed E-state index contributed by atoms with van der Waals surface area (Å²) in [5.74, 6) is -6.20. The highest BCUT2D eigenvalue weighted by atomic mass is 35.5. The van der Waals surface area contributed by atoms with Crippen molar-refractivity contribution in [3.8, 4) is 0 Å². The van der Waals surface area contributed by atoms with Crippen LogP contribution in [0, 0.1) is 0 Å². The number of carbonyl (C=O) groups is 1. The Balaban J connectivity index is 2.52. The third-order valence-electron chi connectivity index (χ3n) is 2.86. The number of hydrogen-bond acceptors (Lipinski definition) is 2. The quantitative estimate of drug-likeness (QED) is 0.833. The van der Waals surface area contributed by atoms with E-state index in [1.165, 1.54) is 6.07 Å². The highest BCUT2D eigenvalue weighted by Crippen LogP contribution is 2.35. The van der Waals surface area contributed by atoms with Gasteiger partial charge in [0, 0.05) is 5.69 Å². The maximum Gasteiger partial charge on any atom is 0.379 e. The molecular weight excluding hydrogens is 252 g/mol. The van der Waals surface area contributed by atoms with Crippen molar-refractivity contribution in [3.05, 3.63) is 28.0 Å². The SMILES string of the molecule is O=C(O)C(F)(F)c1cc2c(nc1Cl)CCCC2. The third kappa shape index (κ3) is 2.11. The zero-order valence-electron chi connectivity index (χ0n) is 8.84. The summed E-state index contributed by atoms with van der Waals surface area (Å²) < 4.78 is 26.8. The minimum atomic E-state index is -3.99. The van der Waals surface area contributed by atoms with Crippen LogP contribution in [0.2, 0.25) is 5.15 Å². The maximum absolute atomic E-state index is 13.4. The molecule has 0 fully saturated rings. The van der Waals surface area contributed by atoms with Crippen LogP contribution < -0.4 is 0 Å². The number of halogens is 3. The van der Waals surface area contributed by atoms with Crippen LogP contribution >= 0.6 is 11.6 Å². The van der Waals surface area contributed by atoms with Crippen LogP contribution in [-0.2, 0) is 23.6 Å². The average molecular weight is 262 g/mol. The zero-order chi connectivity index (χ0) is 12.6. The first-order chi connectivity index (χ1) is 7.93. The summed E-state index contributed by atoms with van der Waals surface area (Å²) >= 11 is 5.64. The fourth-order valence-corrected chi connectivity index (χ4v) is 2.22. The zero-order valence-corrected chi connectivity index (χ0v) is 9.60. The highest BCUT2D eigenvalue weighted by Gasteiger charge is 2.43. The second-order valence-electron chi connectivity index (χ2n) is 4.02. The van der Waals surface area contributed by atoms with E-state index in [2.05, 4.69) is 4.98 Å². The van der Waals surface area contributed by atoms with Crippen molar-refractivity contribution in [2.75, 3.05) is 0 Å². The first-order valence-corrected chi connectivity index (χ1v) is 5.60. The molecule has 0 aliphatic heterocycles. The van der Waals surface area contributed by atoms with Crippen LogP contribution in [0.5, 0.6) is 0 Å². The normalized spacial score (nSPS) is 15.5. The van der Waals surface area contributed by atoms with Gasteiger partial charge in [-0.15, -0.1) is 0 Å². The van der Waals surface area contributed by atoms with E-state index in [-0.39, 0.29) is 0 Å². The molecule has 0 saturated heterocycles. The summed E-state index contributed by atoms with van der Waals surface area (Å²) in [4.78, 5) is 14.4. The summed E-state index contributed by atoms with van der Waals surface area (Å²) in [5, 5.41) is 8.07. The Kier molecular flexibility index (Phi) is 3.03. The summed E-state index contributed by atoms with van der Waals surface area (Å²) in [7, 11) is 0. The molecule has 3 nitrogen and oxygen atoms in total. The predicted molar refractivity (Wildman–Crippen MR) is 57.4 cm³/mol. The Morgan fingerprint density at radius 1 is 1.41 bits per heavy atom. The van der Waals surface area contributed by atoms with Crippen LogP contribution in [0.3, 0.4) is 0 Å². The Hall–Kier alpha value is -1.23. The first-order valence-electron chi connectivity index (χ1n) is 5.23. The van der Waals surface area contributed by atoms with E-state index in [0.29, 0.717) is 24.1 Å². The van der Waals surface area contributed by atoms with E-state index in [9.17, 15) is 13.6 Å². The predicted octanol–water partition coefficient (Wildman–Crippen LogP) is 2.79. The van der Waals surface area contributed by atoms with Gasteiger partial charge in [-0.05, 0) is 37.3 Å². The molecule has 1 heterocycles. The summed E-state index contributed by atoms with van der Waals surface area (Å²) in [5.41, 5.74) is 0.662. The van der Waals surface area contributed by atoms with Gasteiger partial charge in [0.2, 0.25) is 0 Å². The van der Waals surface area contributed by atoms with Crippen molar-refractivity contribution >= 4 is 17.6 Å². The molecule has 1 aromatic rings. The van der Waals surface area contributed by atoms with E-state index in [4.69, 9.17) is 16.7 Å². The summed E-state index contributed by atoms with van der Waals surface area (Å²) in [6.07, 6.45) is 3.19. The molecule has 17 heavy (non-hydrogen) atoms. The standard InChI is InChI=1S/C11H10ClF2NO2/c12-9-7(11(13,14)10(16)17)5-6-3-1-2-4-8(6)15-9/h5H,1-4H2,(H,16,17). The Bertz CT molecular complexity index is 477. The molecule has 0 atom stereocenters. The molecule has 92 valence electrons. The van der Waals surface area contributed by atoms with Gasteiger partial charge >= 0.3 is 11.9 Å². The van der Waals surface area contributed by atoms with E-state index in [0.717, 1.165) is 12.8 Å². The van der Waals surface area contributed by atoms with Crippen molar-refractivity contribution in [1.82, 2.24) is 4.98 Å². The summed E-state index contributed by atoms with van der Waals surface area (Å²) in [6.45, 7) is 0. The molecule has 1 aromatic heterocycles. The van der Waals surface area contributed by atoms with Crippen LogP contribution in [0.4, 0.5) is 8.78 Å². The third-order valence-corrected chi connectivity index (χ3v) is 3.15. The number of carboxylic acids is 1. The van der Waals surface area contributed by atoms with Crippen molar-refractivity contribution < 1.29 is 18.7 Å². The lowest BCUT2D eigenvalue weighted by Crippen LogP contribution is -2.27. The molecule has 0 saturated carbocycles. The number of pyridine rings is 1. The van der Waals surface area contributed by atoms with Crippen LogP contribution in [0.25, 0.3) is 0 Å². The number of aromatic nitrogens is 1. The van der Waals surface area contributed by atoms with E-state index in [1.54, 1.807) is 0 Å². The first kappa shape index (κ1) is 12.2. The number of hydrogen-bond donors (Lipinski definition) is 1. The molecule has 0 unspecified atom stereocenters. The number of carboxylic acid groups (broad SMARTS) is 1. The number of rotatable bonds is 2. The lowest BCUT2D eigenvalue weighted by molar-refractivity contribution is -0.166. The molecule has 6 heteroatoms. The topological polar surface area (TPSA) is 50.2 Å². The molecule has 0 aromatic carbocycles. The average Bonchev–Trinajstić information content (AvgIpc) is 2.27. The number of nitrogens with zero attached hydrogens (tertiary/aromatic N) is 1. The van der Waals surface area contributed by atoms with Gasteiger partial charge in [-0.3, -0.25) is 0 Å². The summed E-state index contributed by atoms with van der Waals surface area (Å²) in [6, 6.07) is 1.18. The molecule has 0 bridgehead atoms. The molecule has 1 N–H and O–H groups in total. The second kappa shape index (κ2) is 4.22. The molecular formula is C11H10ClF2NO2. The van der Waals surface area contributed by atoms with Gasteiger partial charge in [-0.2, -0.15) is 8.78 Å². The fourth-order valence-electron chi connectivity index (χ4n) is 1.94. The fraction of sp³-hybridized carbons (Fsp3) is 0.455. The van der Waals surface area contributed by atoms with Crippen molar-refractivity contribution in [3.63, 3.8) is 0 Å². The smallest absolute Gasteiger partial charge is 0.379 e. The highest BCUT2D eigenvalue weighted by molar-refractivity contribution is 6.30. The van der Waals surface area contributed by atoms with E-state index >= 15 is 0 Å². The van der Waals surface area contributed by atoms with Crippen LogP contribution in [0.15, 0.2) is 6.07 Å². The Labute approximate surface area is 101 Å². The van der Waals surface area contributed by atoms with Crippen LogP contribution in [0.1, 0.15) is 29.7 Å². The van der Waals surface area contributed by atoms with Gasteiger partial charge in [-0.1, -0.05) is 11.6 Å². The largest absolute Gasteiger partial charge is 0.477 e. The van der Waals surface area contributed by atoms with E-state index in [1.807, 2.05) is 0 Å². The van der Waals surface area contributed by atoms with Gasteiger partial charge in [0.1, 0.15) is 5.15 Å². The lowest BCUT2D eigenvalue weighted by Gasteiger charge is -2.19. The maximum atomic E-state index is 13.4. The van der Waals surface area contributed by atoms with Gasteiger partial charge in [0.05, 0.1) is 5.56 Å². The van der Waals surface area contributed by atoms with Gasteiger partial charge < -0.3 is 5.11 Å². The monoisotopic (exact) mass is 261 g/mol. The van der Waals surface area contributed by atoms with Crippen molar-refractivity contribution in [2.24, 2.45) is 0 Å². The number of aryl methyl sites for hydroxylation is 2. The Morgan fingerprint density at radius 2 is 2.06 bits per heavy atom. The molecule has 1 aliphatic rings. The number of aliphatic carboxylic acids is 1. The van der Waals surface area contributed by atoms with E-state index < -0.39 is 22.6 Å². The molecule has 2 rings (SSSR count). The van der Waals surface area contributed by atoms with Gasteiger partial charge in [0.15, 0.2) is 0 Å². The Morgan fingerprint density at radius 3 is 2.71 bits per heavy atom. The van der Waals surface area contributed by atoms with Gasteiger partial charge in [0.25, 0.3) is 0 Å². The minimum Gasteiger partial charge on any atom is -0.477 e. The lowest BCUT2D eigenvalue weighted by atomic mass is 9.94. The van der Waals surface area contributed by atoms with Crippen molar-refractivity contribution in [1.29, 1.82) is 0 Å². The minimum absolute atomic E-state index is 0.418. The van der Waals surface area contributed by atoms with Crippen molar-refractivity contribution in [2.45, 2.75) is 31.6 Å². The molecule has 1 aliphatic carbocycles. The number of fused-ring (bicyclic) bond motifs is 1. The molecule has 0 spiro atoms. The molecule has 0 radical (unpaired) electrons. The number of alkyl halides is 2. The second-order valence-corrected chi connectivity index (χ2v) is 4.38. The van der Waals surface area contributed by atoms with Crippen LogP contribution in [-0.4, -0.2) is 16.1 Å². The van der Waals surface area contributed by atoms with Gasteiger partial charge in [-0.25, -0.2) is 9.78 Å².